The first-order valence-electron chi connectivity index (χ1n) is 6.14. The predicted octanol–water partition coefficient (Wildman–Crippen LogP) is 3.99. The molecule has 2 aromatic heterocycles. The minimum absolute atomic E-state index is 0.330. The van der Waals surface area contributed by atoms with Crippen molar-refractivity contribution in [1.29, 1.82) is 0 Å². The Labute approximate surface area is 112 Å². The smallest absolute Gasteiger partial charge is 0.133 e. The van der Waals surface area contributed by atoms with Gasteiger partial charge in [-0.25, -0.2) is 9.97 Å². The third-order valence-electron chi connectivity index (χ3n) is 2.92. The van der Waals surface area contributed by atoms with E-state index in [1.165, 1.54) is 10.4 Å². The zero-order valence-electron chi connectivity index (χ0n) is 11.5. The molecule has 0 aliphatic rings. The highest BCUT2D eigenvalue weighted by Gasteiger charge is 2.14. The maximum atomic E-state index is 4.72. The van der Waals surface area contributed by atoms with Crippen molar-refractivity contribution < 1.29 is 0 Å². The van der Waals surface area contributed by atoms with E-state index in [2.05, 4.69) is 49.4 Å². The van der Waals surface area contributed by atoms with Crippen LogP contribution in [0.5, 0.6) is 0 Å². The molecule has 0 saturated heterocycles. The summed E-state index contributed by atoms with van der Waals surface area (Å²) in [6.45, 7) is 8.42. The van der Waals surface area contributed by atoms with Crippen LogP contribution in [-0.2, 0) is 0 Å². The molecular weight excluding hydrogens is 242 g/mol. The van der Waals surface area contributed by atoms with E-state index in [0.717, 1.165) is 22.9 Å². The van der Waals surface area contributed by atoms with Crippen LogP contribution in [0.25, 0.3) is 11.3 Å². The monoisotopic (exact) mass is 261 g/mol. The number of aromatic nitrogens is 2. The number of rotatable bonds is 3. The van der Waals surface area contributed by atoms with Crippen molar-refractivity contribution in [2.24, 2.45) is 0 Å². The SMILES string of the molecule is CNc1nc(C(C)C)nc(-c2csc(C)c2)c1C. The molecule has 0 radical (unpaired) electrons. The van der Waals surface area contributed by atoms with Crippen LogP contribution >= 0.6 is 11.3 Å². The van der Waals surface area contributed by atoms with E-state index in [0.29, 0.717) is 5.92 Å². The highest BCUT2D eigenvalue weighted by Crippen LogP contribution is 2.30. The Hall–Kier alpha value is -1.42. The van der Waals surface area contributed by atoms with Crippen molar-refractivity contribution in [3.05, 3.63) is 27.7 Å². The first-order chi connectivity index (χ1) is 8.52. The summed E-state index contributed by atoms with van der Waals surface area (Å²) in [6, 6.07) is 2.18. The van der Waals surface area contributed by atoms with Crippen LogP contribution in [0.2, 0.25) is 0 Å². The lowest BCUT2D eigenvalue weighted by atomic mass is 10.1. The Balaban J connectivity index is 2.61. The molecule has 1 N–H and O–H groups in total. The molecule has 3 nitrogen and oxygen atoms in total. The Bertz CT molecular complexity index is 558. The molecule has 0 saturated carbocycles. The van der Waals surface area contributed by atoms with Crippen molar-refractivity contribution in [2.45, 2.75) is 33.6 Å². The lowest BCUT2D eigenvalue weighted by Crippen LogP contribution is -2.06. The van der Waals surface area contributed by atoms with Crippen LogP contribution in [0.3, 0.4) is 0 Å². The van der Waals surface area contributed by atoms with Gasteiger partial charge in [0.2, 0.25) is 0 Å². The summed E-state index contributed by atoms with van der Waals surface area (Å²) in [5.74, 6) is 2.15. The fourth-order valence-corrected chi connectivity index (χ4v) is 2.57. The number of hydrogen-bond acceptors (Lipinski definition) is 4. The quantitative estimate of drug-likeness (QED) is 0.908. The molecule has 2 heterocycles. The summed E-state index contributed by atoms with van der Waals surface area (Å²) in [5, 5.41) is 5.32. The second kappa shape index (κ2) is 5.06. The molecule has 0 aliphatic carbocycles. The van der Waals surface area contributed by atoms with E-state index in [4.69, 9.17) is 4.98 Å². The Kier molecular flexibility index (Phi) is 3.66. The molecule has 2 aromatic rings. The Morgan fingerprint density at radius 2 is 1.94 bits per heavy atom. The second-order valence-corrected chi connectivity index (χ2v) is 5.87. The summed E-state index contributed by atoms with van der Waals surface area (Å²) in [4.78, 5) is 10.6. The Morgan fingerprint density at radius 3 is 2.44 bits per heavy atom. The molecule has 0 aliphatic heterocycles. The lowest BCUT2D eigenvalue weighted by molar-refractivity contribution is 0.775. The summed E-state index contributed by atoms with van der Waals surface area (Å²) >= 11 is 1.75. The minimum Gasteiger partial charge on any atom is -0.373 e. The lowest BCUT2D eigenvalue weighted by Gasteiger charge is -2.13. The molecule has 0 amide bonds. The molecule has 18 heavy (non-hydrogen) atoms. The molecule has 96 valence electrons. The van der Waals surface area contributed by atoms with Gasteiger partial charge in [0.25, 0.3) is 0 Å². The van der Waals surface area contributed by atoms with Crippen LogP contribution in [0.15, 0.2) is 11.4 Å². The number of hydrogen-bond donors (Lipinski definition) is 1. The predicted molar refractivity (Wildman–Crippen MR) is 78.5 cm³/mol. The fourth-order valence-electron chi connectivity index (χ4n) is 1.88. The standard InChI is InChI=1S/C14H19N3S/c1-8(2)13-16-12(10(4)14(15-5)17-13)11-6-9(3)18-7-11/h6-8H,1-5H3,(H,15,16,17). The zero-order chi connectivity index (χ0) is 13.3. The van der Waals surface area contributed by atoms with Gasteiger partial charge in [-0.3, -0.25) is 0 Å². The van der Waals surface area contributed by atoms with Crippen molar-refractivity contribution >= 4 is 17.2 Å². The van der Waals surface area contributed by atoms with Crippen LogP contribution in [0.1, 0.15) is 36.0 Å². The highest BCUT2D eigenvalue weighted by molar-refractivity contribution is 7.10. The van der Waals surface area contributed by atoms with Gasteiger partial charge in [-0.05, 0) is 19.9 Å². The van der Waals surface area contributed by atoms with Gasteiger partial charge >= 0.3 is 0 Å². The topological polar surface area (TPSA) is 37.8 Å². The number of thiophene rings is 1. The van der Waals surface area contributed by atoms with E-state index >= 15 is 0 Å². The zero-order valence-corrected chi connectivity index (χ0v) is 12.4. The summed E-state index contributed by atoms with van der Waals surface area (Å²) in [5.41, 5.74) is 3.35. The molecule has 0 aromatic carbocycles. The molecule has 0 spiro atoms. The minimum atomic E-state index is 0.330. The fraction of sp³-hybridized carbons (Fsp3) is 0.429. The van der Waals surface area contributed by atoms with E-state index in [1.54, 1.807) is 11.3 Å². The molecule has 0 bridgehead atoms. The van der Waals surface area contributed by atoms with E-state index < -0.39 is 0 Å². The highest BCUT2D eigenvalue weighted by atomic mass is 32.1. The molecule has 2 rings (SSSR count). The molecule has 0 atom stereocenters. The molecule has 4 heteroatoms. The van der Waals surface area contributed by atoms with Crippen molar-refractivity contribution in [2.75, 3.05) is 12.4 Å². The van der Waals surface area contributed by atoms with E-state index in [9.17, 15) is 0 Å². The maximum Gasteiger partial charge on any atom is 0.133 e. The maximum absolute atomic E-state index is 4.72. The number of anilines is 1. The Morgan fingerprint density at radius 1 is 1.22 bits per heavy atom. The summed E-state index contributed by atoms with van der Waals surface area (Å²) in [6.07, 6.45) is 0. The van der Waals surface area contributed by atoms with Crippen LogP contribution in [0, 0.1) is 13.8 Å². The van der Waals surface area contributed by atoms with Gasteiger partial charge in [-0.2, -0.15) is 0 Å². The summed E-state index contributed by atoms with van der Waals surface area (Å²) < 4.78 is 0. The van der Waals surface area contributed by atoms with Gasteiger partial charge in [0, 0.05) is 34.3 Å². The number of nitrogens with zero attached hydrogens (tertiary/aromatic N) is 2. The van der Waals surface area contributed by atoms with E-state index in [-0.39, 0.29) is 0 Å². The van der Waals surface area contributed by atoms with Gasteiger partial charge in [-0.15, -0.1) is 11.3 Å². The third-order valence-corrected chi connectivity index (χ3v) is 3.78. The molecule has 0 unspecified atom stereocenters. The normalized spacial score (nSPS) is 11.0. The van der Waals surface area contributed by atoms with Crippen molar-refractivity contribution in [3.63, 3.8) is 0 Å². The van der Waals surface area contributed by atoms with Gasteiger partial charge in [0.15, 0.2) is 0 Å². The van der Waals surface area contributed by atoms with Crippen molar-refractivity contribution in [3.8, 4) is 11.3 Å². The van der Waals surface area contributed by atoms with Gasteiger partial charge in [0.05, 0.1) is 5.69 Å². The van der Waals surface area contributed by atoms with Gasteiger partial charge in [-0.1, -0.05) is 13.8 Å². The molecular formula is C14H19N3S. The average Bonchev–Trinajstić information content (AvgIpc) is 2.75. The summed E-state index contributed by atoms with van der Waals surface area (Å²) in [7, 11) is 1.90. The largest absolute Gasteiger partial charge is 0.373 e. The molecule has 0 fully saturated rings. The van der Waals surface area contributed by atoms with Gasteiger partial charge in [0.1, 0.15) is 11.6 Å². The van der Waals surface area contributed by atoms with Crippen LogP contribution in [0.4, 0.5) is 5.82 Å². The van der Waals surface area contributed by atoms with Gasteiger partial charge < -0.3 is 5.32 Å². The van der Waals surface area contributed by atoms with Crippen LogP contribution in [-0.4, -0.2) is 17.0 Å². The third kappa shape index (κ3) is 2.38. The first kappa shape index (κ1) is 13.0. The van der Waals surface area contributed by atoms with Crippen LogP contribution < -0.4 is 5.32 Å². The number of aryl methyl sites for hydroxylation is 1. The average molecular weight is 261 g/mol. The van der Waals surface area contributed by atoms with E-state index in [1.807, 2.05) is 7.05 Å². The first-order valence-corrected chi connectivity index (χ1v) is 7.02. The second-order valence-electron chi connectivity index (χ2n) is 4.75. The number of nitrogens with one attached hydrogen (secondary N) is 1. The van der Waals surface area contributed by atoms with Crippen molar-refractivity contribution in [1.82, 2.24) is 9.97 Å².